The topological polar surface area (TPSA) is 39.7 Å². The first-order valence-corrected chi connectivity index (χ1v) is 9.20. The fraction of sp³-hybridized carbons (Fsp3) is 0.706. The molecule has 0 radical (unpaired) electrons. The highest BCUT2D eigenvalue weighted by Gasteiger charge is 2.20. The lowest BCUT2D eigenvalue weighted by molar-refractivity contribution is 0.317. The molecule has 1 aliphatic heterocycles. The monoisotopic (exact) mass is 450 g/mol. The summed E-state index contributed by atoms with van der Waals surface area (Å²) in [5.41, 5.74) is 0. The zero-order chi connectivity index (χ0) is 15.9. The summed E-state index contributed by atoms with van der Waals surface area (Å²) in [4.78, 5) is 10.0. The van der Waals surface area contributed by atoms with Crippen LogP contribution in [0.2, 0.25) is 0 Å². The highest BCUT2D eigenvalue weighted by atomic mass is 127. The normalized spacial score (nSPS) is 20.2. The van der Waals surface area contributed by atoms with E-state index >= 15 is 0 Å². The number of likely N-dealkylation sites (N-methyl/N-ethyl adjacent to an activating group) is 1. The summed E-state index contributed by atoms with van der Waals surface area (Å²) in [5, 5.41) is 6.91. The molecule has 0 amide bonds. The van der Waals surface area contributed by atoms with Crippen molar-refractivity contribution in [1.29, 1.82) is 0 Å². The Hall–Kier alpha value is -0.340. The van der Waals surface area contributed by atoms with E-state index in [0.29, 0.717) is 12.1 Å². The number of rotatable bonds is 6. The van der Waals surface area contributed by atoms with Crippen molar-refractivity contribution in [2.75, 3.05) is 26.7 Å². The van der Waals surface area contributed by atoms with E-state index in [1.807, 2.05) is 11.3 Å². The first kappa shape index (κ1) is 20.7. The van der Waals surface area contributed by atoms with Crippen molar-refractivity contribution in [3.05, 3.63) is 21.9 Å². The van der Waals surface area contributed by atoms with Gasteiger partial charge in [0.2, 0.25) is 0 Å². The molecule has 1 fully saturated rings. The van der Waals surface area contributed by atoms with E-state index in [-0.39, 0.29) is 24.0 Å². The molecular formula is C17H31IN4S. The Bertz CT molecular complexity index is 489. The summed E-state index contributed by atoms with van der Waals surface area (Å²) in [6.45, 7) is 9.50. The Kier molecular flexibility index (Phi) is 9.46. The van der Waals surface area contributed by atoms with Gasteiger partial charge in [0.25, 0.3) is 0 Å². The third-order valence-electron chi connectivity index (χ3n) is 4.16. The third kappa shape index (κ3) is 6.97. The Morgan fingerprint density at radius 1 is 1.48 bits per heavy atom. The lowest BCUT2D eigenvalue weighted by Crippen LogP contribution is -2.43. The van der Waals surface area contributed by atoms with Crippen molar-refractivity contribution in [1.82, 2.24) is 15.5 Å². The number of thiophene rings is 1. The number of nitrogens with zero attached hydrogens (tertiary/aromatic N) is 2. The van der Waals surface area contributed by atoms with Crippen LogP contribution < -0.4 is 10.6 Å². The molecule has 23 heavy (non-hydrogen) atoms. The molecule has 4 nitrogen and oxygen atoms in total. The van der Waals surface area contributed by atoms with Gasteiger partial charge in [-0.15, -0.1) is 35.3 Å². The summed E-state index contributed by atoms with van der Waals surface area (Å²) in [6, 6.07) is 5.42. The van der Waals surface area contributed by atoms with Crippen LogP contribution in [-0.2, 0) is 6.42 Å². The van der Waals surface area contributed by atoms with Crippen LogP contribution in [0.4, 0.5) is 0 Å². The molecule has 0 saturated carbocycles. The van der Waals surface area contributed by atoms with Crippen molar-refractivity contribution in [2.45, 2.75) is 52.1 Å². The summed E-state index contributed by atoms with van der Waals surface area (Å²) in [5.74, 6) is 0.948. The molecule has 1 saturated heterocycles. The first-order valence-electron chi connectivity index (χ1n) is 8.39. The van der Waals surface area contributed by atoms with E-state index in [2.05, 4.69) is 55.5 Å². The zero-order valence-corrected chi connectivity index (χ0v) is 17.9. The summed E-state index contributed by atoms with van der Waals surface area (Å²) >= 11 is 1.88. The maximum absolute atomic E-state index is 4.79. The fourth-order valence-electron chi connectivity index (χ4n) is 2.91. The number of guanidine groups is 1. The molecule has 2 heterocycles. The largest absolute Gasteiger partial charge is 0.357 e. The fourth-order valence-corrected chi connectivity index (χ4v) is 3.93. The van der Waals surface area contributed by atoms with E-state index in [4.69, 9.17) is 4.99 Å². The van der Waals surface area contributed by atoms with Gasteiger partial charge in [0.1, 0.15) is 0 Å². The molecule has 0 spiro atoms. The molecule has 132 valence electrons. The molecule has 2 unspecified atom stereocenters. The smallest absolute Gasteiger partial charge is 0.191 e. The number of halogens is 1. The lowest BCUT2D eigenvalue weighted by atomic mass is 10.2. The van der Waals surface area contributed by atoms with Gasteiger partial charge in [0, 0.05) is 34.8 Å². The van der Waals surface area contributed by atoms with Crippen LogP contribution in [0.5, 0.6) is 0 Å². The van der Waals surface area contributed by atoms with Crippen molar-refractivity contribution in [3.8, 4) is 0 Å². The van der Waals surface area contributed by atoms with E-state index in [9.17, 15) is 0 Å². The van der Waals surface area contributed by atoms with Gasteiger partial charge in [-0.05, 0) is 59.3 Å². The Morgan fingerprint density at radius 2 is 2.26 bits per heavy atom. The molecule has 0 aromatic carbocycles. The van der Waals surface area contributed by atoms with Crippen LogP contribution in [0, 0.1) is 6.92 Å². The quantitative estimate of drug-likeness (QED) is 0.397. The highest BCUT2D eigenvalue weighted by Crippen LogP contribution is 2.17. The van der Waals surface area contributed by atoms with E-state index in [0.717, 1.165) is 25.5 Å². The van der Waals surface area contributed by atoms with Gasteiger partial charge < -0.3 is 15.5 Å². The van der Waals surface area contributed by atoms with Crippen molar-refractivity contribution in [2.24, 2.45) is 4.99 Å². The van der Waals surface area contributed by atoms with Crippen LogP contribution >= 0.6 is 35.3 Å². The minimum atomic E-state index is 0. The molecule has 6 heteroatoms. The lowest BCUT2D eigenvalue weighted by Gasteiger charge is -2.20. The van der Waals surface area contributed by atoms with Gasteiger partial charge in [0.05, 0.1) is 6.54 Å². The number of likely N-dealkylation sites (tertiary alicyclic amines) is 1. The molecule has 2 atom stereocenters. The number of hydrogen-bond donors (Lipinski definition) is 2. The molecule has 2 N–H and O–H groups in total. The second kappa shape index (κ2) is 10.5. The minimum Gasteiger partial charge on any atom is -0.357 e. The third-order valence-corrected chi connectivity index (χ3v) is 5.19. The van der Waals surface area contributed by atoms with E-state index in [1.165, 1.54) is 29.1 Å². The second-order valence-corrected chi connectivity index (χ2v) is 7.63. The predicted molar refractivity (Wildman–Crippen MR) is 112 cm³/mol. The van der Waals surface area contributed by atoms with E-state index in [1.54, 1.807) is 0 Å². The first-order chi connectivity index (χ1) is 10.6. The Labute approximate surface area is 162 Å². The molecule has 1 aliphatic rings. The van der Waals surface area contributed by atoms with Crippen molar-refractivity contribution < 1.29 is 0 Å². The van der Waals surface area contributed by atoms with Crippen LogP contribution in [0.25, 0.3) is 0 Å². The van der Waals surface area contributed by atoms with Crippen molar-refractivity contribution >= 4 is 41.3 Å². The zero-order valence-electron chi connectivity index (χ0n) is 14.8. The molecule has 1 aromatic rings. The van der Waals surface area contributed by atoms with Crippen LogP contribution in [0.15, 0.2) is 17.1 Å². The number of nitrogens with one attached hydrogen (secondary N) is 2. The summed E-state index contributed by atoms with van der Waals surface area (Å²) in [7, 11) is 2.20. The van der Waals surface area contributed by atoms with Crippen LogP contribution in [0.1, 0.15) is 36.4 Å². The van der Waals surface area contributed by atoms with Gasteiger partial charge in [0.15, 0.2) is 5.96 Å². The highest BCUT2D eigenvalue weighted by molar-refractivity contribution is 14.0. The van der Waals surface area contributed by atoms with Crippen LogP contribution in [-0.4, -0.2) is 49.6 Å². The van der Waals surface area contributed by atoms with Gasteiger partial charge in [-0.2, -0.15) is 0 Å². The van der Waals surface area contributed by atoms with Crippen molar-refractivity contribution in [3.63, 3.8) is 0 Å². The summed E-state index contributed by atoms with van der Waals surface area (Å²) < 4.78 is 0. The van der Waals surface area contributed by atoms with Gasteiger partial charge in [-0.3, -0.25) is 4.99 Å². The number of aryl methyl sites for hydroxylation is 1. The molecule has 0 aliphatic carbocycles. The Morgan fingerprint density at radius 3 is 2.83 bits per heavy atom. The number of hydrogen-bond acceptors (Lipinski definition) is 3. The number of aliphatic imine (C=N–C) groups is 1. The van der Waals surface area contributed by atoms with E-state index < -0.39 is 0 Å². The molecular weight excluding hydrogens is 419 g/mol. The maximum Gasteiger partial charge on any atom is 0.191 e. The average Bonchev–Trinajstić information content (AvgIpc) is 3.05. The van der Waals surface area contributed by atoms with Gasteiger partial charge in [-0.1, -0.05) is 0 Å². The Balaban J connectivity index is 0.00000264. The molecule has 1 aromatic heterocycles. The van der Waals surface area contributed by atoms with Gasteiger partial charge in [-0.25, -0.2) is 0 Å². The maximum atomic E-state index is 4.79. The summed E-state index contributed by atoms with van der Waals surface area (Å²) in [6.07, 6.45) is 3.62. The average molecular weight is 450 g/mol. The minimum absolute atomic E-state index is 0. The SMILES string of the molecule is CCNC(=NCC1CCCN1C)NC(C)Cc1ccc(C)s1.I. The van der Waals surface area contributed by atoms with Gasteiger partial charge >= 0.3 is 0 Å². The standard InChI is InChI=1S/C17H30N4S.HI/c1-5-18-17(19-12-15-7-6-10-21(15)4)20-13(2)11-16-9-8-14(3)22-16;/h8-9,13,15H,5-7,10-12H2,1-4H3,(H2,18,19,20);1H. The second-order valence-electron chi connectivity index (χ2n) is 6.26. The predicted octanol–water partition coefficient (Wildman–Crippen LogP) is 3.25. The van der Waals surface area contributed by atoms with Crippen LogP contribution in [0.3, 0.4) is 0 Å². The molecule has 0 bridgehead atoms. The molecule has 2 rings (SSSR count).